The fourth-order valence-corrected chi connectivity index (χ4v) is 3.28. The Bertz CT molecular complexity index is 543. The fraction of sp³-hybridized carbons (Fsp3) is 0.529. The van der Waals surface area contributed by atoms with E-state index in [-0.39, 0.29) is 12.0 Å². The average Bonchev–Trinajstić information content (AvgIpc) is 2.94. The first-order valence-electron chi connectivity index (χ1n) is 7.86. The molecule has 2 aliphatic heterocycles. The molecule has 1 amide bonds. The molecule has 0 bridgehead atoms. The minimum atomic E-state index is 0.0857. The molecule has 0 saturated carbocycles. The molecule has 0 aromatic carbocycles. The van der Waals surface area contributed by atoms with Crippen molar-refractivity contribution in [1.82, 2.24) is 14.8 Å². The van der Waals surface area contributed by atoms with E-state index in [2.05, 4.69) is 16.5 Å². The van der Waals surface area contributed by atoms with Crippen LogP contribution in [0.5, 0.6) is 0 Å². The van der Waals surface area contributed by atoms with E-state index in [1.54, 1.807) is 12.3 Å². The van der Waals surface area contributed by atoms with Crippen LogP contribution >= 0.6 is 0 Å². The van der Waals surface area contributed by atoms with Crippen LogP contribution in [0.1, 0.15) is 22.5 Å². The fourth-order valence-electron chi connectivity index (χ4n) is 3.28. The number of rotatable bonds is 4. The van der Waals surface area contributed by atoms with Gasteiger partial charge in [0.15, 0.2) is 0 Å². The van der Waals surface area contributed by atoms with E-state index in [1.807, 2.05) is 24.0 Å². The summed E-state index contributed by atoms with van der Waals surface area (Å²) in [5.41, 5.74) is 1.61. The summed E-state index contributed by atoms with van der Waals surface area (Å²) in [5.74, 6) is 0.0857. The summed E-state index contributed by atoms with van der Waals surface area (Å²) in [4.78, 5) is 21.2. The highest BCUT2D eigenvalue weighted by molar-refractivity contribution is 5.94. The van der Waals surface area contributed by atoms with Crippen LogP contribution < -0.4 is 0 Å². The number of hydrogen-bond acceptors (Lipinski definition) is 4. The molecule has 0 N–H and O–H groups in total. The van der Waals surface area contributed by atoms with E-state index in [4.69, 9.17) is 4.74 Å². The lowest BCUT2D eigenvalue weighted by atomic mass is 10.1. The number of hydrogen-bond donors (Lipinski definition) is 0. The van der Waals surface area contributed by atoms with Crippen molar-refractivity contribution in [2.75, 3.05) is 32.8 Å². The summed E-state index contributed by atoms with van der Waals surface area (Å²) in [6, 6.07) is 4.16. The van der Waals surface area contributed by atoms with E-state index in [0.29, 0.717) is 18.2 Å². The Morgan fingerprint density at radius 2 is 2.32 bits per heavy atom. The number of pyridine rings is 1. The van der Waals surface area contributed by atoms with Gasteiger partial charge in [-0.15, -0.1) is 6.58 Å². The highest BCUT2D eigenvalue weighted by Gasteiger charge is 2.37. The van der Waals surface area contributed by atoms with Gasteiger partial charge < -0.3 is 9.64 Å². The molecule has 1 aromatic rings. The molecule has 118 valence electrons. The summed E-state index contributed by atoms with van der Waals surface area (Å²) < 4.78 is 5.76. The number of aryl methyl sites for hydroxylation is 1. The van der Waals surface area contributed by atoms with Crippen molar-refractivity contribution in [3.63, 3.8) is 0 Å². The maximum absolute atomic E-state index is 12.6. The zero-order valence-electron chi connectivity index (χ0n) is 13.1. The topological polar surface area (TPSA) is 45.7 Å². The van der Waals surface area contributed by atoms with Crippen LogP contribution in [-0.4, -0.2) is 65.6 Å². The van der Waals surface area contributed by atoms with Crippen LogP contribution in [-0.2, 0) is 4.74 Å². The lowest BCUT2D eigenvalue weighted by molar-refractivity contribution is 0.0560. The number of amides is 1. The second-order valence-electron chi connectivity index (χ2n) is 6.07. The lowest BCUT2D eigenvalue weighted by Crippen LogP contribution is -2.52. The number of carbonyl (C=O) groups excluding carboxylic acids is 1. The zero-order valence-corrected chi connectivity index (χ0v) is 13.1. The Kier molecular flexibility index (Phi) is 4.55. The van der Waals surface area contributed by atoms with E-state index in [9.17, 15) is 4.79 Å². The summed E-state index contributed by atoms with van der Waals surface area (Å²) in [6.45, 7) is 9.65. The van der Waals surface area contributed by atoms with Crippen molar-refractivity contribution < 1.29 is 9.53 Å². The third-order valence-electron chi connectivity index (χ3n) is 4.47. The molecular formula is C17H23N3O2. The van der Waals surface area contributed by atoms with Gasteiger partial charge in [-0.1, -0.05) is 6.08 Å². The molecule has 5 heteroatoms. The van der Waals surface area contributed by atoms with Gasteiger partial charge in [0.2, 0.25) is 0 Å². The molecule has 2 fully saturated rings. The highest BCUT2D eigenvalue weighted by atomic mass is 16.5. The van der Waals surface area contributed by atoms with Gasteiger partial charge in [-0.2, -0.15) is 0 Å². The predicted molar refractivity (Wildman–Crippen MR) is 84.8 cm³/mol. The van der Waals surface area contributed by atoms with Gasteiger partial charge in [-0.25, -0.2) is 0 Å². The van der Waals surface area contributed by atoms with Crippen molar-refractivity contribution in [2.24, 2.45) is 0 Å². The van der Waals surface area contributed by atoms with Crippen LogP contribution in [0.3, 0.4) is 0 Å². The Morgan fingerprint density at radius 3 is 3.05 bits per heavy atom. The number of piperazine rings is 1. The molecule has 0 unspecified atom stereocenters. The summed E-state index contributed by atoms with van der Waals surface area (Å²) in [7, 11) is 0. The SMILES string of the molecule is C=CCO[C@@H]1C[C@H]2CN(C(=O)c3ccc(C)nc3)CCN2C1. The first-order valence-corrected chi connectivity index (χ1v) is 7.86. The maximum atomic E-state index is 12.6. The molecule has 3 rings (SSSR count). The van der Waals surface area contributed by atoms with Gasteiger partial charge in [-0.05, 0) is 25.5 Å². The number of carbonyl (C=O) groups is 1. The molecule has 0 spiro atoms. The Labute approximate surface area is 131 Å². The second-order valence-corrected chi connectivity index (χ2v) is 6.07. The number of fused-ring (bicyclic) bond motifs is 1. The van der Waals surface area contributed by atoms with Crippen molar-refractivity contribution in [3.05, 3.63) is 42.2 Å². The summed E-state index contributed by atoms with van der Waals surface area (Å²) >= 11 is 0. The smallest absolute Gasteiger partial charge is 0.255 e. The molecular weight excluding hydrogens is 278 g/mol. The summed E-state index contributed by atoms with van der Waals surface area (Å²) in [6.07, 6.45) is 4.72. The third kappa shape index (κ3) is 3.20. The summed E-state index contributed by atoms with van der Waals surface area (Å²) in [5, 5.41) is 0. The van der Waals surface area contributed by atoms with Crippen LogP contribution in [0.25, 0.3) is 0 Å². The van der Waals surface area contributed by atoms with Crippen LogP contribution in [0.2, 0.25) is 0 Å². The molecule has 3 heterocycles. The Hall–Kier alpha value is -1.72. The van der Waals surface area contributed by atoms with Gasteiger partial charge in [-0.3, -0.25) is 14.7 Å². The predicted octanol–water partition coefficient (Wildman–Crippen LogP) is 1.49. The Balaban J connectivity index is 1.60. The first kappa shape index (κ1) is 15.2. The van der Waals surface area contributed by atoms with E-state index in [1.165, 1.54) is 0 Å². The lowest BCUT2D eigenvalue weighted by Gasteiger charge is -2.37. The normalized spacial score (nSPS) is 25.0. The van der Waals surface area contributed by atoms with E-state index in [0.717, 1.165) is 38.3 Å². The quantitative estimate of drug-likeness (QED) is 0.791. The van der Waals surface area contributed by atoms with Gasteiger partial charge in [0, 0.05) is 44.1 Å². The second kappa shape index (κ2) is 6.58. The molecule has 0 aliphatic carbocycles. The largest absolute Gasteiger partial charge is 0.373 e. The van der Waals surface area contributed by atoms with Crippen molar-refractivity contribution >= 4 is 5.91 Å². The molecule has 5 nitrogen and oxygen atoms in total. The number of ether oxygens (including phenoxy) is 1. The van der Waals surface area contributed by atoms with Gasteiger partial charge >= 0.3 is 0 Å². The Morgan fingerprint density at radius 1 is 1.45 bits per heavy atom. The van der Waals surface area contributed by atoms with Crippen LogP contribution in [0.15, 0.2) is 31.0 Å². The minimum absolute atomic E-state index is 0.0857. The maximum Gasteiger partial charge on any atom is 0.255 e. The highest BCUT2D eigenvalue weighted by Crippen LogP contribution is 2.24. The van der Waals surface area contributed by atoms with Gasteiger partial charge in [0.05, 0.1) is 18.3 Å². The van der Waals surface area contributed by atoms with E-state index >= 15 is 0 Å². The average molecular weight is 301 g/mol. The van der Waals surface area contributed by atoms with Crippen molar-refractivity contribution in [3.8, 4) is 0 Å². The molecule has 2 saturated heterocycles. The van der Waals surface area contributed by atoms with Crippen LogP contribution in [0, 0.1) is 6.92 Å². The van der Waals surface area contributed by atoms with Gasteiger partial charge in [0.1, 0.15) is 0 Å². The standard InChI is InChI=1S/C17H23N3O2/c1-3-8-22-16-9-15-11-20(7-6-19(15)12-16)17(21)14-5-4-13(2)18-10-14/h3-5,10,15-16H,1,6-9,11-12H2,2H3/t15-,16+/m0/s1. The van der Waals surface area contributed by atoms with Gasteiger partial charge in [0.25, 0.3) is 5.91 Å². The third-order valence-corrected chi connectivity index (χ3v) is 4.47. The molecule has 1 aromatic heterocycles. The zero-order chi connectivity index (χ0) is 15.5. The number of nitrogens with zero attached hydrogens (tertiary/aromatic N) is 3. The molecule has 2 atom stereocenters. The van der Waals surface area contributed by atoms with E-state index < -0.39 is 0 Å². The van der Waals surface area contributed by atoms with Crippen molar-refractivity contribution in [2.45, 2.75) is 25.5 Å². The van der Waals surface area contributed by atoms with Crippen molar-refractivity contribution in [1.29, 1.82) is 0 Å². The van der Waals surface area contributed by atoms with Crippen LogP contribution in [0.4, 0.5) is 0 Å². The molecule has 0 radical (unpaired) electrons. The molecule has 2 aliphatic rings. The first-order chi connectivity index (χ1) is 10.7. The molecule has 22 heavy (non-hydrogen) atoms. The minimum Gasteiger partial charge on any atom is -0.373 e. The monoisotopic (exact) mass is 301 g/mol. The number of aromatic nitrogens is 1.